The SMILES string of the molecule is CCC(CC)C(O)COc1ccc(Cl)cc1. The highest BCUT2D eigenvalue weighted by atomic mass is 35.5. The number of halogens is 1. The van der Waals surface area contributed by atoms with Crippen molar-refractivity contribution in [3.8, 4) is 5.75 Å². The van der Waals surface area contributed by atoms with E-state index in [2.05, 4.69) is 13.8 Å². The molecular formula is C13H19ClO2. The molecule has 0 fully saturated rings. The molecule has 0 spiro atoms. The summed E-state index contributed by atoms with van der Waals surface area (Å²) in [4.78, 5) is 0. The quantitative estimate of drug-likeness (QED) is 0.827. The summed E-state index contributed by atoms with van der Waals surface area (Å²) in [5, 5.41) is 10.6. The van der Waals surface area contributed by atoms with Gasteiger partial charge >= 0.3 is 0 Å². The van der Waals surface area contributed by atoms with E-state index in [1.165, 1.54) is 0 Å². The maximum Gasteiger partial charge on any atom is 0.119 e. The average molecular weight is 243 g/mol. The Kier molecular flexibility index (Phi) is 5.64. The van der Waals surface area contributed by atoms with Crippen molar-refractivity contribution in [3.63, 3.8) is 0 Å². The molecule has 1 aromatic carbocycles. The maximum atomic E-state index is 9.87. The van der Waals surface area contributed by atoms with Crippen LogP contribution >= 0.6 is 11.6 Å². The van der Waals surface area contributed by atoms with Gasteiger partial charge < -0.3 is 9.84 Å². The molecule has 0 heterocycles. The minimum absolute atomic E-state index is 0.312. The van der Waals surface area contributed by atoms with Gasteiger partial charge in [0.15, 0.2) is 0 Å². The third-order valence-corrected chi connectivity index (χ3v) is 3.08. The van der Waals surface area contributed by atoms with Gasteiger partial charge in [0.1, 0.15) is 12.4 Å². The van der Waals surface area contributed by atoms with Crippen LogP contribution in [0.15, 0.2) is 24.3 Å². The maximum absolute atomic E-state index is 9.87. The zero-order valence-corrected chi connectivity index (χ0v) is 10.6. The smallest absolute Gasteiger partial charge is 0.119 e. The van der Waals surface area contributed by atoms with Gasteiger partial charge in [0.25, 0.3) is 0 Å². The molecule has 0 amide bonds. The van der Waals surface area contributed by atoms with Crippen molar-refractivity contribution in [1.29, 1.82) is 0 Å². The molecule has 1 rings (SSSR count). The summed E-state index contributed by atoms with van der Waals surface area (Å²) in [5.41, 5.74) is 0. The van der Waals surface area contributed by atoms with Crippen LogP contribution in [-0.2, 0) is 0 Å². The molecule has 0 aromatic heterocycles. The first kappa shape index (κ1) is 13.3. The molecule has 0 aliphatic rings. The van der Waals surface area contributed by atoms with Crippen LogP contribution in [0.25, 0.3) is 0 Å². The van der Waals surface area contributed by atoms with E-state index < -0.39 is 6.10 Å². The normalized spacial score (nSPS) is 12.8. The largest absolute Gasteiger partial charge is 0.491 e. The molecule has 90 valence electrons. The van der Waals surface area contributed by atoms with E-state index in [1.54, 1.807) is 12.1 Å². The molecule has 0 aliphatic carbocycles. The van der Waals surface area contributed by atoms with E-state index in [4.69, 9.17) is 16.3 Å². The highest BCUT2D eigenvalue weighted by molar-refractivity contribution is 6.30. The number of aliphatic hydroxyl groups excluding tert-OH is 1. The van der Waals surface area contributed by atoms with Crippen molar-refractivity contribution < 1.29 is 9.84 Å². The van der Waals surface area contributed by atoms with E-state index >= 15 is 0 Å². The Morgan fingerprint density at radius 3 is 2.25 bits per heavy atom. The van der Waals surface area contributed by atoms with E-state index in [0.717, 1.165) is 18.6 Å². The van der Waals surface area contributed by atoms with Crippen molar-refractivity contribution in [2.45, 2.75) is 32.8 Å². The van der Waals surface area contributed by atoms with Crippen LogP contribution < -0.4 is 4.74 Å². The summed E-state index contributed by atoms with van der Waals surface area (Å²) in [6.45, 7) is 4.51. The second-order valence-electron chi connectivity index (χ2n) is 3.91. The molecule has 0 bridgehead atoms. The molecule has 3 heteroatoms. The summed E-state index contributed by atoms with van der Waals surface area (Å²) in [6, 6.07) is 7.17. The number of ether oxygens (including phenoxy) is 1. The summed E-state index contributed by atoms with van der Waals surface area (Å²) >= 11 is 5.76. The highest BCUT2D eigenvalue weighted by Gasteiger charge is 2.15. The molecular weight excluding hydrogens is 224 g/mol. The predicted octanol–water partition coefficient (Wildman–Crippen LogP) is 3.52. The van der Waals surface area contributed by atoms with Gasteiger partial charge in [-0.25, -0.2) is 0 Å². The van der Waals surface area contributed by atoms with Crippen molar-refractivity contribution in [1.82, 2.24) is 0 Å². The van der Waals surface area contributed by atoms with Crippen LogP contribution in [0.4, 0.5) is 0 Å². The molecule has 1 unspecified atom stereocenters. The van der Waals surface area contributed by atoms with E-state index in [1.807, 2.05) is 12.1 Å². The second kappa shape index (κ2) is 6.77. The summed E-state index contributed by atoms with van der Waals surface area (Å²) in [5.74, 6) is 1.06. The van der Waals surface area contributed by atoms with Gasteiger partial charge in [0, 0.05) is 5.02 Å². The standard InChI is InChI=1S/C13H19ClO2/c1-3-10(4-2)13(15)9-16-12-7-5-11(14)6-8-12/h5-8,10,13,15H,3-4,9H2,1-2H3. The third-order valence-electron chi connectivity index (χ3n) is 2.83. The Hall–Kier alpha value is -0.730. The minimum atomic E-state index is -0.398. The molecule has 1 N–H and O–H groups in total. The van der Waals surface area contributed by atoms with Gasteiger partial charge in [-0.1, -0.05) is 38.3 Å². The van der Waals surface area contributed by atoms with Gasteiger partial charge in [0.05, 0.1) is 6.10 Å². The van der Waals surface area contributed by atoms with Crippen molar-refractivity contribution in [2.24, 2.45) is 5.92 Å². The van der Waals surface area contributed by atoms with Crippen LogP contribution in [0.2, 0.25) is 5.02 Å². The zero-order chi connectivity index (χ0) is 12.0. The fraction of sp³-hybridized carbons (Fsp3) is 0.538. The summed E-state index contributed by atoms with van der Waals surface area (Å²) in [7, 11) is 0. The van der Waals surface area contributed by atoms with Gasteiger partial charge in [-0.2, -0.15) is 0 Å². The molecule has 2 nitrogen and oxygen atoms in total. The van der Waals surface area contributed by atoms with Crippen molar-refractivity contribution in [2.75, 3.05) is 6.61 Å². The fourth-order valence-corrected chi connectivity index (χ4v) is 1.81. The number of rotatable bonds is 6. The topological polar surface area (TPSA) is 29.5 Å². The number of hydrogen-bond acceptors (Lipinski definition) is 2. The first-order chi connectivity index (χ1) is 7.67. The number of hydrogen-bond donors (Lipinski definition) is 1. The summed E-state index contributed by atoms with van der Waals surface area (Å²) in [6.07, 6.45) is 1.55. The molecule has 0 aliphatic heterocycles. The summed E-state index contributed by atoms with van der Waals surface area (Å²) < 4.78 is 5.50. The second-order valence-corrected chi connectivity index (χ2v) is 4.35. The van der Waals surface area contributed by atoms with Crippen LogP contribution in [0, 0.1) is 5.92 Å². The van der Waals surface area contributed by atoms with Crippen LogP contribution in [0.1, 0.15) is 26.7 Å². The highest BCUT2D eigenvalue weighted by Crippen LogP contribution is 2.18. The molecule has 0 saturated heterocycles. The Balaban J connectivity index is 2.42. The zero-order valence-electron chi connectivity index (χ0n) is 9.82. The third kappa shape index (κ3) is 4.03. The molecule has 0 radical (unpaired) electrons. The Morgan fingerprint density at radius 2 is 1.75 bits per heavy atom. The number of aliphatic hydroxyl groups is 1. The molecule has 1 aromatic rings. The van der Waals surface area contributed by atoms with Crippen LogP contribution in [0.3, 0.4) is 0 Å². The van der Waals surface area contributed by atoms with Crippen molar-refractivity contribution >= 4 is 11.6 Å². The first-order valence-electron chi connectivity index (χ1n) is 5.73. The Bertz CT molecular complexity index is 293. The number of benzene rings is 1. The van der Waals surface area contributed by atoms with E-state index in [-0.39, 0.29) is 0 Å². The van der Waals surface area contributed by atoms with E-state index in [0.29, 0.717) is 17.5 Å². The lowest BCUT2D eigenvalue weighted by molar-refractivity contribution is 0.0536. The predicted molar refractivity (Wildman–Crippen MR) is 67.0 cm³/mol. The molecule has 16 heavy (non-hydrogen) atoms. The van der Waals surface area contributed by atoms with Gasteiger partial charge in [-0.15, -0.1) is 0 Å². The Labute approximate surface area is 102 Å². The Morgan fingerprint density at radius 1 is 1.19 bits per heavy atom. The monoisotopic (exact) mass is 242 g/mol. The van der Waals surface area contributed by atoms with Gasteiger partial charge in [-0.3, -0.25) is 0 Å². The van der Waals surface area contributed by atoms with Gasteiger partial charge in [-0.05, 0) is 30.2 Å². The lowest BCUT2D eigenvalue weighted by Crippen LogP contribution is -2.26. The van der Waals surface area contributed by atoms with Gasteiger partial charge in [0.2, 0.25) is 0 Å². The fourth-order valence-electron chi connectivity index (χ4n) is 1.68. The lowest BCUT2D eigenvalue weighted by atomic mass is 9.97. The molecule has 1 atom stereocenters. The average Bonchev–Trinajstić information content (AvgIpc) is 2.30. The first-order valence-corrected chi connectivity index (χ1v) is 6.11. The lowest BCUT2D eigenvalue weighted by Gasteiger charge is -2.20. The van der Waals surface area contributed by atoms with Crippen LogP contribution in [0.5, 0.6) is 5.75 Å². The minimum Gasteiger partial charge on any atom is -0.491 e. The van der Waals surface area contributed by atoms with E-state index in [9.17, 15) is 5.11 Å². The molecule has 0 saturated carbocycles. The van der Waals surface area contributed by atoms with Crippen LogP contribution in [-0.4, -0.2) is 17.8 Å². The van der Waals surface area contributed by atoms with Crippen molar-refractivity contribution in [3.05, 3.63) is 29.3 Å².